The van der Waals surface area contributed by atoms with E-state index in [2.05, 4.69) is 21.3 Å². The van der Waals surface area contributed by atoms with Gasteiger partial charge in [0.2, 0.25) is 17.7 Å². The third-order valence-electron chi connectivity index (χ3n) is 4.08. The van der Waals surface area contributed by atoms with E-state index in [0.717, 1.165) is 16.8 Å². The van der Waals surface area contributed by atoms with Crippen LogP contribution in [-0.4, -0.2) is 42.1 Å². The molecule has 1 aromatic carbocycles. The molecule has 1 aromatic rings. The molecule has 4 N–H and O–H groups in total. The second kappa shape index (κ2) is 8.87. The van der Waals surface area contributed by atoms with E-state index in [4.69, 9.17) is 0 Å². The molecule has 0 saturated carbocycles. The maximum atomic E-state index is 12.2. The lowest BCUT2D eigenvalue weighted by atomic mass is 10.1. The Kier molecular flexibility index (Phi) is 6.83. The van der Waals surface area contributed by atoms with E-state index < -0.39 is 0 Å². The van der Waals surface area contributed by atoms with Gasteiger partial charge in [-0.05, 0) is 31.0 Å². The monoisotopic (exact) mass is 364 g/mol. The van der Waals surface area contributed by atoms with Crippen LogP contribution in [0.1, 0.15) is 24.0 Å². The van der Waals surface area contributed by atoms with Gasteiger partial charge in [0.25, 0.3) is 0 Å². The van der Waals surface area contributed by atoms with Crippen LogP contribution in [0.15, 0.2) is 18.2 Å². The van der Waals surface area contributed by atoms with Gasteiger partial charge in [-0.25, -0.2) is 0 Å². The summed E-state index contributed by atoms with van der Waals surface area (Å²) >= 11 is 1.29. The Bertz CT molecular complexity index is 665. The molecule has 7 nitrogen and oxygen atoms in total. The van der Waals surface area contributed by atoms with Crippen molar-refractivity contribution in [2.75, 3.05) is 18.1 Å². The van der Waals surface area contributed by atoms with Crippen molar-refractivity contribution < 1.29 is 14.4 Å². The molecule has 8 heteroatoms. The summed E-state index contributed by atoms with van der Waals surface area (Å²) in [6.45, 7) is 3.96. The Hall–Kier alpha value is -2.06. The van der Waals surface area contributed by atoms with Crippen LogP contribution >= 0.6 is 11.8 Å². The van der Waals surface area contributed by atoms with Crippen molar-refractivity contribution in [3.05, 3.63) is 29.3 Å². The van der Waals surface area contributed by atoms with E-state index >= 15 is 0 Å². The van der Waals surface area contributed by atoms with Gasteiger partial charge >= 0.3 is 0 Å². The molecule has 2 atom stereocenters. The van der Waals surface area contributed by atoms with Gasteiger partial charge in [-0.3, -0.25) is 19.7 Å². The third kappa shape index (κ3) is 5.75. The molecule has 3 amide bonds. The predicted octanol–water partition coefficient (Wildman–Crippen LogP) is 0.873. The number of thioether (sulfide) groups is 1. The largest absolute Gasteiger partial charge is 0.359 e. The Morgan fingerprint density at radius 3 is 2.76 bits per heavy atom. The Labute approximate surface area is 151 Å². The van der Waals surface area contributed by atoms with Crippen molar-refractivity contribution in [2.45, 2.75) is 38.2 Å². The molecule has 0 spiro atoms. The van der Waals surface area contributed by atoms with Gasteiger partial charge < -0.3 is 16.0 Å². The van der Waals surface area contributed by atoms with Crippen LogP contribution in [-0.2, 0) is 14.4 Å². The fourth-order valence-electron chi connectivity index (χ4n) is 2.52. The Morgan fingerprint density at radius 2 is 2.04 bits per heavy atom. The normalized spacial score (nSPS) is 19.9. The first-order valence-electron chi connectivity index (χ1n) is 8.12. The first-order valence-corrected chi connectivity index (χ1v) is 9.17. The number of carbonyl (C=O) groups is 3. The highest BCUT2D eigenvalue weighted by Gasteiger charge is 2.27. The van der Waals surface area contributed by atoms with Gasteiger partial charge in [0, 0.05) is 31.6 Å². The zero-order valence-corrected chi connectivity index (χ0v) is 15.5. The molecule has 0 aromatic heterocycles. The van der Waals surface area contributed by atoms with Crippen molar-refractivity contribution in [2.24, 2.45) is 0 Å². The van der Waals surface area contributed by atoms with Crippen LogP contribution < -0.4 is 21.3 Å². The third-order valence-corrected chi connectivity index (χ3v) is 5.10. The molecule has 1 fully saturated rings. The predicted molar refractivity (Wildman–Crippen MR) is 99.2 cm³/mol. The molecule has 0 bridgehead atoms. The van der Waals surface area contributed by atoms with E-state index in [0.29, 0.717) is 0 Å². The van der Waals surface area contributed by atoms with Gasteiger partial charge in [0.15, 0.2) is 0 Å². The van der Waals surface area contributed by atoms with E-state index in [9.17, 15) is 14.4 Å². The lowest BCUT2D eigenvalue weighted by Gasteiger charge is -2.30. The maximum absolute atomic E-state index is 12.2. The fourth-order valence-corrected chi connectivity index (χ4v) is 3.42. The van der Waals surface area contributed by atoms with Gasteiger partial charge in [-0.1, -0.05) is 12.1 Å². The number of amides is 3. The van der Waals surface area contributed by atoms with E-state index in [-0.39, 0.29) is 47.9 Å². The SMILES string of the molecule is CNC(=O)CC1CC(=O)NC(SCC(=O)Nc2cccc(C)c2C)N1. The summed E-state index contributed by atoms with van der Waals surface area (Å²) in [4.78, 5) is 35.4. The average molecular weight is 364 g/mol. The number of benzene rings is 1. The smallest absolute Gasteiger partial charge is 0.234 e. The molecule has 1 heterocycles. The highest BCUT2D eigenvalue weighted by Crippen LogP contribution is 2.19. The van der Waals surface area contributed by atoms with Gasteiger partial charge in [-0.15, -0.1) is 11.8 Å². The topological polar surface area (TPSA) is 99.3 Å². The molecule has 136 valence electrons. The number of nitrogens with one attached hydrogen (secondary N) is 4. The molecule has 25 heavy (non-hydrogen) atoms. The molecular formula is C17H24N4O3S. The number of hydrogen-bond acceptors (Lipinski definition) is 5. The maximum Gasteiger partial charge on any atom is 0.234 e. The Morgan fingerprint density at radius 1 is 1.28 bits per heavy atom. The number of anilines is 1. The summed E-state index contributed by atoms with van der Waals surface area (Å²) < 4.78 is 0. The van der Waals surface area contributed by atoms with Crippen LogP contribution in [0.2, 0.25) is 0 Å². The molecule has 0 radical (unpaired) electrons. The fraction of sp³-hybridized carbons (Fsp3) is 0.471. The van der Waals surface area contributed by atoms with E-state index in [1.54, 1.807) is 7.05 Å². The molecule has 0 aliphatic carbocycles. The molecule has 2 rings (SSSR count). The highest BCUT2D eigenvalue weighted by atomic mass is 32.2. The first-order chi connectivity index (χ1) is 11.9. The summed E-state index contributed by atoms with van der Waals surface area (Å²) in [5.74, 6) is -0.190. The van der Waals surface area contributed by atoms with Crippen molar-refractivity contribution in [3.63, 3.8) is 0 Å². The van der Waals surface area contributed by atoms with E-state index in [1.165, 1.54) is 11.8 Å². The van der Waals surface area contributed by atoms with Crippen molar-refractivity contribution in [1.29, 1.82) is 0 Å². The second-order valence-electron chi connectivity index (χ2n) is 6.00. The molecular weight excluding hydrogens is 340 g/mol. The van der Waals surface area contributed by atoms with E-state index in [1.807, 2.05) is 32.0 Å². The van der Waals surface area contributed by atoms with Crippen LogP contribution in [0.3, 0.4) is 0 Å². The first kappa shape index (κ1) is 19.3. The van der Waals surface area contributed by atoms with Gasteiger partial charge in [0.1, 0.15) is 5.50 Å². The van der Waals surface area contributed by atoms with Crippen LogP contribution in [0.4, 0.5) is 5.69 Å². The standard InChI is InChI=1S/C17H24N4O3S/c1-10-5-4-6-13(11(10)2)20-16(24)9-25-17-19-12(7-14(22)18-3)8-15(23)21-17/h4-6,12,17,19H,7-9H2,1-3H3,(H,18,22)(H,20,24)(H,21,23). The highest BCUT2D eigenvalue weighted by molar-refractivity contribution is 8.00. The minimum absolute atomic E-state index is 0.122. The number of aryl methyl sites for hydroxylation is 1. The molecule has 1 aliphatic rings. The number of hydrogen-bond donors (Lipinski definition) is 4. The van der Waals surface area contributed by atoms with Crippen LogP contribution in [0.5, 0.6) is 0 Å². The average Bonchev–Trinajstić information content (AvgIpc) is 2.56. The van der Waals surface area contributed by atoms with Crippen LogP contribution in [0, 0.1) is 13.8 Å². The molecule has 1 saturated heterocycles. The summed E-state index contributed by atoms with van der Waals surface area (Å²) in [7, 11) is 1.56. The Balaban J connectivity index is 1.85. The minimum Gasteiger partial charge on any atom is -0.359 e. The summed E-state index contributed by atoms with van der Waals surface area (Å²) in [6.07, 6.45) is 0.481. The quantitative estimate of drug-likeness (QED) is 0.600. The van der Waals surface area contributed by atoms with Crippen molar-refractivity contribution in [1.82, 2.24) is 16.0 Å². The molecule has 2 unspecified atom stereocenters. The van der Waals surface area contributed by atoms with Crippen molar-refractivity contribution in [3.8, 4) is 0 Å². The van der Waals surface area contributed by atoms with Gasteiger partial charge in [-0.2, -0.15) is 0 Å². The van der Waals surface area contributed by atoms with Crippen LogP contribution in [0.25, 0.3) is 0 Å². The second-order valence-corrected chi connectivity index (χ2v) is 7.09. The summed E-state index contributed by atoms with van der Waals surface area (Å²) in [6, 6.07) is 5.53. The van der Waals surface area contributed by atoms with Crippen molar-refractivity contribution >= 4 is 35.2 Å². The minimum atomic E-state index is -0.389. The zero-order valence-electron chi connectivity index (χ0n) is 14.6. The zero-order chi connectivity index (χ0) is 18.4. The number of rotatable bonds is 6. The van der Waals surface area contributed by atoms with Gasteiger partial charge in [0.05, 0.1) is 5.75 Å². The summed E-state index contributed by atoms with van der Waals surface area (Å²) in [5.41, 5.74) is 2.56. The summed E-state index contributed by atoms with van der Waals surface area (Å²) in [5, 5.41) is 11.4. The lowest BCUT2D eigenvalue weighted by molar-refractivity contribution is -0.125. The number of carbonyl (C=O) groups excluding carboxylic acids is 3. The lowest BCUT2D eigenvalue weighted by Crippen LogP contribution is -2.55. The molecule has 1 aliphatic heterocycles.